The first-order chi connectivity index (χ1) is 17.8. The second-order valence-electron chi connectivity index (χ2n) is 8.76. The van der Waals surface area contributed by atoms with Crippen LogP contribution in [0, 0.1) is 0 Å². The third kappa shape index (κ3) is 5.38. The summed E-state index contributed by atoms with van der Waals surface area (Å²) in [6.07, 6.45) is 4.29. The Morgan fingerprint density at radius 1 is 0.811 bits per heavy atom. The molecule has 5 aromatic rings. The van der Waals surface area contributed by atoms with Crippen LogP contribution >= 0.6 is 0 Å². The van der Waals surface area contributed by atoms with Crippen LogP contribution in [0.15, 0.2) is 85.1 Å². The van der Waals surface area contributed by atoms with Gasteiger partial charge in [0.15, 0.2) is 11.5 Å². The maximum Gasteiger partial charge on any atom is 0.165 e. The Morgan fingerprint density at radius 3 is 2.24 bits per heavy atom. The predicted molar refractivity (Wildman–Crippen MR) is 153 cm³/mol. The van der Waals surface area contributed by atoms with E-state index >= 15 is 0 Å². The molecule has 0 aliphatic carbocycles. The second kappa shape index (κ2) is 11.8. The molecule has 3 aromatic heterocycles. The van der Waals surface area contributed by atoms with Crippen molar-refractivity contribution in [1.82, 2.24) is 30.6 Å². The van der Waals surface area contributed by atoms with Gasteiger partial charge in [0.2, 0.25) is 0 Å². The fourth-order valence-corrected chi connectivity index (χ4v) is 4.71. The Bertz CT molecular complexity index is 1440. The average Bonchev–Trinajstić information content (AvgIpc) is 3.58. The van der Waals surface area contributed by atoms with Gasteiger partial charge in [-0.2, -0.15) is 0 Å². The van der Waals surface area contributed by atoms with Gasteiger partial charge in [0, 0.05) is 24.0 Å². The molecule has 190 valence electrons. The Labute approximate surface area is 218 Å². The lowest BCUT2D eigenvalue weighted by Crippen LogP contribution is -2.18. The minimum atomic E-state index is 0. The molecule has 4 heterocycles. The first-order valence-electron chi connectivity index (χ1n) is 12.7. The summed E-state index contributed by atoms with van der Waals surface area (Å²) in [5, 5.41) is 0. The third-order valence-corrected chi connectivity index (χ3v) is 6.45. The van der Waals surface area contributed by atoms with E-state index in [9.17, 15) is 0 Å². The molecular weight excluding hydrogens is 458 g/mol. The predicted octanol–water partition coefficient (Wildman–Crippen LogP) is 6.52. The number of nitrogen functional groups attached to an aromatic ring is 1. The van der Waals surface area contributed by atoms with E-state index < -0.39 is 0 Å². The van der Waals surface area contributed by atoms with E-state index in [1.165, 1.54) is 31.5 Å². The highest BCUT2D eigenvalue weighted by atomic mass is 15.1. The minimum absolute atomic E-state index is 0. The SMILES string of the molecule is CC.N.Nc1ncccc1-c1nc2ccc(-c3ccccc3)nc2n1-c1ccc(CN2CCCC2)cc1. The summed E-state index contributed by atoms with van der Waals surface area (Å²) < 4.78 is 2.09. The molecule has 0 amide bonds. The molecule has 7 nitrogen and oxygen atoms in total. The van der Waals surface area contributed by atoms with Crippen molar-refractivity contribution in [2.45, 2.75) is 33.2 Å². The zero-order valence-electron chi connectivity index (χ0n) is 21.6. The molecule has 0 radical (unpaired) electrons. The molecule has 1 fully saturated rings. The molecule has 2 aromatic carbocycles. The zero-order chi connectivity index (χ0) is 24.9. The van der Waals surface area contributed by atoms with Gasteiger partial charge < -0.3 is 11.9 Å². The Balaban J connectivity index is 0.00000104. The number of pyridine rings is 2. The molecule has 1 saturated heterocycles. The highest BCUT2D eigenvalue weighted by Gasteiger charge is 2.19. The van der Waals surface area contributed by atoms with Crippen molar-refractivity contribution in [3.8, 4) is 28.3 Å². The summed E-state index contributed by atoms with van der Waals surface area (Å²) in [6.45, 7) is 7.36. The Morgan fingerprint density at radius 2 is 1.54 bits per heavy atom. The van der Waals surface area contributed by atoms with Crippen LogP contribution < -0.4 is 11.9 Å². The quantitative estimate of drug-likeness (QED) is 0.289. The van der Waals surface area contributed by atoms with Gasteiger partial charge in [-0.15, -0.1) is 0 Å². The van der Waals surface area contributed by atoms with Gasteiger partial charge in [-0.1, -0.05) is 56.3 Å². The van der Waals surface area contributed by atoms with Crippen molar-refractivity contribution >= 4 is 17.0 Å². The number of hydrogen-bond donors (Lipinski definition) is 2. The van der Waals surface area contributed by atoms with E-state index in [2.05, 4.69) is 50.8 Å². The average molecular weight is 494 g/mol. The van der Waals surface area contributed by atoms with Crippen molar-refractivity contribution in [2.24, 2.45) is 0 Å². The number of fused-ring (bicyclic) bond motifs is 1. The molecule has 6 rings (SSSR count). The molecular formula is C30H35N7. The normalized spacial score (nSPS) is 13.1. The molecule has 0 saturated carbocycles. The zero-order valence-corrected chi connectivity index (χ0v) is 21.6. The van der Waals surface area contributed by atoms with E-state index in [-0.39, 0.29) is 6.15 Å². The summed E-state index contributed by atoms with van der Waals surface area (Å²) in [5.41, 5.74) is 13.0. The number of nitrogens with zero attached hydrogens (tertiary/aromatic N) is 5. The number of likely N-dealkylation sites (tertiary alicyclic amines) is 1. The van der Waals surface area contributed by atoms with E-state index in [0.717, 1.165) is 46.0 Å². The number of hydrogen-bond acceptors (Lipinski definition) is 6. The summed E-state index contributed by atoms with van der Waals surface area (Å²) in [5.74, 6) is 1.19. The molecule has 37 heavy (non-hydrogen) atoms. The number of nitrogens with two attached hydrogens (primary N) is 1. The number of anilines is 1. The van der Waals surface area contributed by atoms with Gasteiger partial charge in [-0.3, -0.25) is 9.47 Å². The monoisotopic (exact) mass is 493 g/mol. The first kappa shape index (κ1) is 26.0. The van der Waals surface area contributed by atoms with Crippen LogP contribution in [0.1, 0.15) is 32.3 Å². The van der Waals surface area contributed by atoms with Gasteiger partial charge in [-0.05, 0) is 67.9 Å². The number of aromatic nitrogens is 4. The molecule has 0 unspecified atom stereocenters. The van der Waals surface area contributed by atoms with Crippen molar-refractivity contribution in [1.29, 1.82) is 0 Å². The fourth-order valence-electron chi connectivity index (χ4n) is 4.71. The maximum atomic E-state index is 6.27. The molecule has 1 aliphatic heterocycles. The molecule has 0 atom stereocenters. The van der Waals surface area contributed by atoms with Crippen LogP contribution in [0.3, 0.4) is 0 Å². The Hall–Kier alpha value is -4.07. The lowest BCUT2D eigenvalue weighted by atomic mass is 10.1. The lowest BCUT2D eigenvalue weighted by molar-refractivity contribution is 0.331. The van der Waals surface area contributed by atoms with E-state index in [4.69, 9.17) is 15.7 Å². The standard InChI is InChI=1S/C28H26N6.C2H6.H3N/c29-26-23(9-6-16-30-26)27-32-25-15-14-24(21-7-2-1-3-8-21)31-28(25)34(27)22-12-10-20(11-13-22)19-33-17-4-5-18-33;1-2;/h1-3,6-16H,4-5,17-19H2,(H2,29,30);1-2H3;1H3. The van der Waals surface area contributed by atoms with Crippen LogP contribution in [-0.4, -0.2) is 37.5 Å². The van der Waals surface area contributed by atoms with Crippen molar-refractivity contribution in [3.63, 3.8) is 0 Å². The third-order valence-electron chi connectivity index (χ3n) is 6.45. The van der Waals surface area contributed by atoms with Crippen LogP contribution in [0.25, 0.3) is 39.5 Å². The van der Waals surface area contributed by atoms with Gasteiger partial charge in [-0.25, -0.2) is 15.0 Å². The number of benzene rings is 2. The summed E-state index contributed by atoms with van der Waals surface area (Å²) in [6, 6.07) is 26.8. The van der Waals surface area contributed by atoms with E-state index in [1.807, 2.05) is 56.3 Å². The highest BCUT2D eigenvalue weighted by molar-refractivity contribution is 5.84. The highest BCUT2D eigenvalue weighted by Crippen LogP contribution is 2.31. The largest absolute Gasteiger partial charge is 0.383 e. The fraction of sp³-hybridized carbons (Fsp3) is 0.233. The van der Waals surface area contributed by atoms with Crippen LogP contribution in [0.2, 0.25) is 0 Å². The van der Waals surface area contributed by atoms with Crippen LogP contribution in [-0.2, 0) is 6.54 Å². The summed E-state index contributed by atoms with van der Waals surface area (Å²) in [7, 11) is 0. The van der Waals surface area contributed by atoms with Crippen LogP contribution in [0.4, 0.5) is 5.82 Å². The molecule has 1 aliphatic rings. The van der Waals surface area contributed by atoms with Gasteiger partial charge >= 0.3 is 0 Å². The van der Waals surface area contributed by atoms with Crippen molar-refractivity contribution in [3.05, 3.63) is 90.6 Å². The smallest absolute Gasteiger partial charge is 0.165 e. The first-order valence-corrected chi connectivity index (χ1v) is 12.7. The molecule has 0 bridgehead atoms. The minimum Gasteiger partial charge on any atom is -0.383 e. The van der Waals surface area contributed by atoms with Crippen LogP contribution in [0.5, 0.6) is 0 Å². The van der Waals surface area contributed by atoms with Crippen molar-refractivity contribution < 1.29 is 0 Å². The van der Waals surface area contributed by atoms with Crippen molar-refractivity contribution in [2.75, 3.05) is 18.8 Å². The maximum absolute atomic E-state index is 6.27. The summed E-state index contributed by atoms with van der Waals surface area (Å²) >= 11 is 0. The topological polar surface area (TPSA) is 108 Å². The molecule has 7 heteroatoms. The second-order valence-corrected chi connectivity index (χ2v) is 8.76. The van der Waals surface area contributed by atoms with Gasteiger partial charge in [0.05, 0.1) is 11.3 Å². The van der Waals surface area contributed by atoms with E-state index in [0.29, 0.717) is 5.82 Å². The summed E-state index contributed by atoms with van der Waals surface area (Å²) in [4.78, 5) is 16.8. The van der Waals surface area contributed by atoms with Gasteiger partial charge in [0.1, 0.15) is 11.3 Å². The lowest BCUT2D eigenvalue weighted by Gasteiger charge is -2.15. The molecule has 5 N–H and O–H groups in total. The number of rotatable bonds is 5. The number of imidazole rings is 1. The Kier molecular flexibility index (Phi) is 8.28. The molecule has 0 spiro atoms. The van der Waals surface area contributed by atoms with E-state index in [1.54, 1.807) is 6.20 Å². The van der Waals surface area contributed by atoms with Gasteiger partial charge in [0.25, 0.3) is 0 Å².